The predicted octanol–water partition coefficient (Wildman–Crippen LogP) is 2.24. The van der Waals surface area contributed by atoms with Gasteiger partial charge in [-0.05, 0) is 18.2 Å². The zero-order chi connectivity index (χ0) is 13.8. The van der Waals surface area contributed by atoms with Crippen LogP contribution >= 0.6 is 15.9 Å². The minimum absolute atomic E-state index is 0.118. The summed E-state index contributed by atoms with van der Waals surface area (Å²) in [6.45, 7) is -0.576. The maximum atomic E-state index is 13.1. The van der Waals surface area contributed by atoms with Crippen molar-refractivity contribution >= 4 is 21.9 Å². The van der Waals surface area contributed by atoms with Crippen molar-refractivity contribution < 1.29 is 23.6 Å². The fraction of sp³-hybridized carbons (Fsp3) is 0.182. The van der Waals surface area contributed by atoms with E-state index in [4.69, 9.17) is 14.4 Å². The first-order valence-electron chi connectivity index (χ1n) is 5.14. The van der Waals surface area contributed by atoms with Crippen LogP contribution in [0.15, 0.2) is 27.2 Å². The van der Waals surface area contributed by atoms with E-state index in [-0.39, 0.29) is 18.3 Å². The molecule has 0 saturated heterocycles. The number of hydrogen-bond donors (Lipinski definition) is 1. The molecule has 19 heavy (non-hydrogen) atoms. The Morgan fingerprint density at radius 1 is 1.53 bits per heavy atom. The number of benzene rings is 1. The number of hydrogen-bond acceptors (Lipinski definition) is 5. The van der Waals surface area contributed by atoms with E-state index in [1.54, 1.807) is 0 Å². The highest BCUT2D eigenvalue weighted by Crippen LogP contribution is 2.26. The van der Waals surface area contributed by atoms with Crippen molar-refractivity contribution in [1.82, 2.24) is 10.1 Å². The molecule has 6 nitrogen and oxygen atoms in total. The molecule has 2 rings (SSSR count). The number of carboxylic acids is 1. The summed E-state index contributed by atoms with van der Waals surface area (Å²) in [6.07, 6.45) is 0. The molecule has 0 aliphatic carbocycles. The zero-order valence-corrected chi connectivity index (χ0v) is 11.1. The lowest BCUT2D eigenvalue weighted by Gasteiger charge is -1.98. The summed E-state index contributed by atoms with van der Waals surface area (Å²) in [7, 11) is 0. The third-order valence-electron chi connectivity index (χ3n) is 2.09. The van der Waals surface area contributed by atoms with Gasteiger partial charge in [0.1, 0.15) is 19.0 Å². The van der Waals surface area contributed by atoms with Crippen LogP contribution in [0.4, 0.5) is 4.39 Å². The summed E-state index contributed by atoms with van der Waals surface area (Å²) in [5.41, 5.74) is 0.438. The second-order valence-electron chi connectivity index (χ2n) is 3.52. The standard InChI is InChI=1S/C11H8BrFN2O4/c12-8-2-1-6(13)3-7(8)11-14-9(19-15-11)4-18-5-10(16)17/h1-3H,4-5H2,(H,16,17). The highest BCUT2D eigenvalue weighted by molar-refractivity contribution is 9.10. The van der Waals surface area contributed by atoms with Crippen LogP contribution < -0.4 is 0 Å². The van der Waals surface area contributed by atoms with Gasteiger partial charge in [0, 0.05) is 10.0 Å². The molecule has 0 aliphatic rings. The predicted molar refractivity (Wildman–Crippen MR) is 64.7 cm³/mol. The van der Waals surface area contributed by atoms with Gasteiger partial charge in [0.05, 0.1) is 0 Å². The highest BCUT2D eigenvalue weighted by Gasteiger charge is 2.13. The number of carboxylic acid groups (broad SMARTS) is 1. The maximum absolute atomic E-state index is 13.1. The second-order valence-corrected chi connectivity index (χ2v) is 4.38. The van der Waals surface area contributed by atoms with Crippen LogP contribution in [0.5, 0.6) is 0 Å². The molecule has 0 amide bonds. The first-order valence-corrected chi connectivity index (χ1v) is 5.93. The van der Waals surface area contributed by atoms with Gasteiger partial charge in [0.15, 0.2) is 0 Å². The molecular weight excluding hydrogens is 323 g/mol. The number of nitrogens with zero attached hydrogens (tertiary/aromatic N) is 2. The molecular formula is C11H8BrFN2O4. The molecule has 1 N–H and O–H groups in total. The van der Waals surface area contributed by atoms with Gasteiger partial charge in [-0.1, -0.05) is 21.1 Å². The Bertz CT molecular complexity index is 602. The summed E-state index contributed by atoms with van der Waals surface area (Å²) in [5.74, 6) is -1.20. The van der Waals surface area contributed by atoms with E-state index in [1.165, 1.54) is 18.2 Å². The Balaban J connectivity index is 2.12. The normalized spacial score (nSPS) is 10.6. The van der Waals surface area contributed by atoms with Crippen molar-refractivity contribution in [2.24, 2.45) is 0 Å². The molecule has 0 fully saturated rings. The first-order chi connectivity index (χ1) is 9.06. The van der Waals surface area contributed by atoms with Crippen molar-refractivity contribution in [1.29, 1.82) is 0 Å². The van der Waals surface area contributed by atoms with Gasteiger partial charge in [-0.3, -0.25) is 0 Å². The summed E-state index contributed by atoms with van der Waals surface area (Å²) in [4.78, 5) is 14.2. The number of aromatic nitrogens is 2. The molecule has 100 valence electrons. The monoisotopic (exact) mass is 330 g/mol. The SMILES string of the molecule is O=C(O)COCc1nc(-c2cc(F)ccc2Br)no1. The van der Waals surface area contributed by atoms with Gasteiger partial charge in [-0.25, -0.2) is 9.18 Å². The van der Waals surface area contributed by atoms with Crippen LogP contribution in [-0.4, -0.2) is 27.8 Å². The molecule has 8 heteroatoms. The largest absolute Gasteiger partial charge is 0.480 e. The van der Waals surface area contributed by atoms with Crippen molar-refractivity contribution in [3.05, 3.63) is 34.4 Å². The van der Waals surface area contributed by atoms with Crippen LogP contribution in [0.2, 0.25) is 0 Å². The molecule has 0 radical (unpaired) electrons. The minimum Gasteiger partial charge on any atom is -0.480 e. The van der Waals surface area contributed by atoms with Gasteiger partial charge in [-0.15, -0.1) is 0 Å². The lowest BCUT2D eigenvalue weighted by molar-refractivity contribution is -0.142. The Kier molecular flexibility index (Phi) is 4.23. The fourth-order valence-corrected chi connectivity index (χ4v) is 1.74. The summed E-state index contributed by atoms with van der Waals surface area (Å²) in [6, 6.07) is 4.09. The first kappa shape index (κ1) is 13.6. The van der Waals surface area contributed by atoms with E-state index >= 15 is 0 Å². The van der Waals surface area contributed by atoms with E-state index in [1.807, 2.05) is 0 Å². The van der Waals surface area contributed by atoms with Gasteiger partial charge in [0.25, 0.3) is 5.89 Å². The molecule has 1 aromatic carbocycles. The molecule has 0 atom stereocenters. The van der Waals surface area contributed by atoms with Crippen molar-refractivity contribution in [2.45, 2.75) is 6.61 Å². The summed E-state index contributed by atoms with van der Waals surface area (Å²) in [5, 5.41) is 12.1. The van der Waals surface area contributed by atoms with Gasteiger partial charge >= 0.3 is 5.97 Å². The quantitative estimate of drug-likeness (QED) is 0.904. The Morgan fingerprint density at radius 2 is 2.32 bits per heavy atom. The van der Waals surface area contributed by atoms with Crippen LogP contribution in [0, 0.1) is 5.82 Å². The van der Waals surface area contributed by atoms with Crippen LogP contribution in [0.3, 0.4) is 0 Å². The maximum Gasteiger partial charge on any atom is 0.329 e. The number of halogens is 2. The minimum atomic E-state index is -1.09. The molecule has 0 spiro atoms. The summed E-state index contributed by atoms with van der Waals surface area (Å²) < 4.78 is 23.4. The lowest BCUT2D eigenvalue weighted by atomic mass is 10.2. The fourth-order valence-electron chi connectivity index (χ4n) is 1.32. The van der Waals surface area contributed by atoms with Gasteiger partial charge in [-0.2, -0.15) is 4.98 Å². The van der Waals surface area contributed by atoms with Crippen LogP contribution in [-0.2, 0) is 16.1 Å². The Hall–Kier alpha value is -1.80. The second kappa shape index (κ2) is 5.89. The average Bonchev–Trinajstić information content (AvgIpc) is 2.80. The molecule has 0 saturated carbocycles. The van der Waals surface area contributed by atoms with Gasteiger partial charge in [0.2, 0.25) is 5.82 Å². The smallest absolute Gasteiger partial charge is 0.329 e. The molecule has 0 aliphatic heterocycles. The molecule has 0 unspecified atom stereocenters. The van der Waals surface area contributed by atoms with Crippen molar-refractivity contribution in [3.8, 4) is 11.4 Å². The number of rotatable bonds is 5. The van der Waals surface area contributed by atoms with Crippen molar-refractivity contribution in [2.75, 3.05) is 6.61 Å². The number of aliphatic carboxylic acids is 1. The average molecular weight is 331 g/mol. The van der Waals surface area contributed by atoms with E-state index < -0.39 is 18.4 Å². The topological polar surface area (TPSA) is 85.5 Å². The number of ether oxygens (including phenoxy) is 1. The van der Waals surface area contributed by atoms with Crippen LogP contribution in [0.1, 0.15) is 5.89 Å². The zero-order valence-electron chi connectivity index (χ0n) is 9.47. The van der Waals surface area contributed by atoms with Gasteiger partial charge < -0.3 is 14.4 Å². The lowest BCUT2D eigenvalue weighted by Crippen LogP contribution is -2.06. The highest BCUT2D eigenvalue weighted by atomic mass is 79.9. The number of carbonyl (C=O) groups is 1. The van der Waals surface area contributed by atoms with E-state index in [9.17, 15) is 9.18 Å². The third kappa shape index (κ3) is 3.58. The van der Waals surface area contributed by atoms with E-state index in [2.05, 4.69) is 26.1 Å². The Labute approximate surface area is 115 Å². The van der Waals surface area contributed by atoms with E-state index in [0.717, 1.165) is 0 Å². The molecule has 0 bridgehead atoms. The van der Waals surface area contributed by atoms with Crippen molar-refractivity contribution in [3.63, 3.8) is 0 Å². The molecule has 1 aromatic heterocycles. The molecule has 2 aromatic rings. The van der Waals surface area contributed by atoms with E-state index in [0.29, 0.717) is 10.0 Å². The summed E-state index contributed by atoms with van der Waals surface area (Å²) >= 11 is 3.25. The Morgan fingerprint density at radius 3 is 3.05 bits per heavy atom. The van der Waals surface area contributed by atoms with Crippen LogP contribution in [0.25, 0.3) is 11.4 Å². The molecule has 1 heterocycles. The third-order valence-corrected chi connectivity index (χ3v) is 2.78.